The Labute approximate surface area is 164 Å². The van der Waals surface area contributed by atoms with Crippen LogP contribution in [-0.2, 0) is 4.79 Å². The van der Waals surface area contributed by atoms with Gasteiger partial charge in [0.15, 0.2) is 5.78 Å². The lowest BCUT2D eigenvalue weighted by atomic mass is 10.1. The molecule has 1 saturated heterocycles. The summed E-state index contributed by atoms with van der Waals surface area (Å²) in [5.41, 5.74) is 2.43. The molecule has 5 nitrogen and oxygen atoms in total. The summed E-state index contributed by atoms with van der Waals surface area (Å²) in [6.07, 6.45) is 0.445. The minimum atomic E-state index is -0.0147. The Bertz CT molecular complexity index is 799. The lowest BCUT2D eigenvalue weighted by molar-refractivity contribution is -0.116. The molecule has 2 aromatic rings. The number of hydrogen-bond acceptors (Lipinski definition) is 4. The van der Waals surface area contributed by atoms with Crippen LogP contribution in [0.4, 0.5) is 11.4 Å². The number of nitrogens with one attached hydrogen (secondary N) is 1. The number of rotatable bonds is 6. The summed E-state index contributed by atoms with van der Waals surface area (Å²) in [5, 5.41) is 3.66. The Balaban J connectivity index is 1.42. The third kappa shape index (κ3) is 5.31. The number of halogens is 1. The molecule has 1 N–H and O–H groups in total. The highest BCUT2D eigenvalue weighted by Gasteiger charge is 2.19. The fourth-order valence-corrected chi connectivity index (χ4v) is 3.45. The summed E-state index contributed by atoms with van der Waals surface area (Å²) >= 11 is 6.27. The lowest BCUT2D eigenvalue weighted by Crippen LogP contribution is -2.47. The minimum absolute atomic E-state index is 0.0147. The van der Waals surface area contributed by atoms with E-state index in [-0.39, 0.29) is 11.7 Å². The number of carbonyl (C=O) groups is 2. The Morgan fingerprint density at radius 3 is 2.30 bits per heavy atom. The summed E-state index contributed by atoms with van der Waals surface area (Å²) in [5.74, 6) is 0.00270. The molecule has 0 unspecified atom stereocenters. The van der Waals surface area contributed by atoms with Crippen LogP contribution in [0.25, 0.3) is 0 Å². The van der Waals surface area contributed by atoms with Crippen molar-refractivity contribution < 1.29 is 9.59 Å². The van der Waals surface area contributed by atoms with Gasteiger partial charge in [0.2, 0.25) is 5.91 Å². The minimum Gasteiger partial charge on any atom is -0.368 e. The van der Waals surface area contributed by atoms with Crippen LogP contribution in [0.1, 0.15) is 23.7 Å². The first-order valence-electron chi connectivity index (χ1n) is 9.15. The Morgan fingerprint density at radius 2 is 1.67 bits per heavy atom. The molecule has 6 heteroatoms. The van der Waals surface area contributed by atoms with Gasteiger partial charge in [0.25, 0.3) is 0 Å². The molecule has 27 heavy (non-hydrogen) atoms. The van der Waals surface area contributed by atoms with Gasteiger partial charge in [-0.15, -0.1) is 0 Å². The zero-order valence-corrected chi connectivity index (χ0v) is 16.2. The number of nitrogens with zero attached hydrogens (tertiary/aromatic N) is 2. The van der Waals surface area contributed by atoms with Crippen molar-refractivity contribution in [1.82, 2.24) is 4.90 Å². The number of para-hydroxylation sites is 1. The van der Waals surface area contributed by atoms with Crippen LogP contribution < -0.4 is 10.2 Å². The topological polar surface area (TPSA) is 52.7 Å². The number of hydrogen-bond donors (Lipinski definition) is 1. The smallest absolute Gasteiger partial charge is 0.225 e. The Kier molecular flexibility index (Phi) is 6.48. The molecule has 3 rings (SSSR count). The highest BCUT2D eigenvalue weighted by atomic mass is 35.5. The highest BCUT2D eigenvalue weighted by Crippen LogP contribution is 2.26. The third-order valence-electron chi connectivity index (χ3n) is 4.80. The van der Waals surface area contributed by atoms with Crippen molar-refractivity contribution in [3.8, 4) is 0 Å². The molecule has 0 bridgehead atoms. The van der Waals surface area contributed by atoms with Crippen molar-refractivity contribution >= 4 is 34.7 Å². The quantitative estimate of drug-likeness (QED) is 0.770. The van der Waals surface area contributed by atoms with Crippen LogP contribution in [0.2, 0.25) is 5.02 Å². The number of piperazine rings is 1. The summed E-state index contributed by atoms with van der Waals surface area (Å²) < 4.78 is 0. The van der Waals surface area contributed by atoms with Crippen molar-refractivity contribution in [1.29, 1.82) is 0 Å². The highest BCUT2D eigenvalue weighted by molar-refractivity contribution is 6.33. The maximum absolute atomic E-state index is 12.2. The summed E-state index contributed by atoms with van der Waals surface area (Å²) in [6.45, 7) is 5.88. The average Bonchev–Trinajstić information content (AvgIpc) is 2.68. The second-order valence-corrected chi connectivity index (χ2v) is 7.12. The number of carbonyl (C=O) groups excluding carboxylic acids is 2. The lowest BCUT2D eigenvalue weighted by Gasteiger charge is -2.36. The van der Waals surface area contributed by atoms with E-state index in [9.17, 15) is 9.59 Å². The van der Waals surface area contributed by atoms with Crippen LogP contribution in [-0.4, -0.2) is 49.3 Å². The molecule has 0 aromatic heterocycles. The molecule has 0 radical (unpaired) electrons. The second-order valence-electron chi connectivity index (χ2n) is 6.71. The molecule has 0 spiro atoms. The average molecular weight is 386 g/mol. The monoisotopic (exact) mass is 385 g/mol. The van der Waals surface area contributed by atoms with Gasteiger partial charge in [-0.25, -0.2) is 0 Å². The van der Waals surface area contributed by atoms with Crippen LogP contribution in [0, 0.1) is 0 Å². The van der Waals surface area contributed by atoms with E-state index >= 15 is 0 Å². The fraction of sp³-hybridized carbons (Fsp3) is 0.333. The van der Waals surface area contributed by atoms with E-state index < -0.39 is 0 Å². The predicted molar refractivity (Wildman–Crippen MR) is 110 cm³/mol. The van der Waals surface area contributed by atoms with Gasteiger partial charge in [-0.3, -0.25) is 14.5 Å². The fourth-order valence-electron chi connectivity index (χ4n) is 3.19. The molecule has 2 aromatic carbocycles. The van der Waals surface area contributed by atoms with Gasteiger partial charge in [-0.1, -0.05) is 23.7 Å². The maximum atomic E-state index is 12.2. The second kappa shape index (κ2) is 9.02. The molecule has 1 fully saturated rings. The standard InChI is InChI=1S/C21H24ClN3O2/c1-16(26)17-6-8-18(9-7-17)23-21(27)10-11-24-12-14-25(15-13-24)20-5-3-2-4-19(20)22/h2-9H,10-15H2,1H3,(H,23,27). The van der Waals surface area contributed by atoms with E-state index in [1.807, 2.05) is 24.3 Å². The summed E-state index contributed by atoms with van der Waals surface area (Å²) in [6, 6.07) is 14.9. The van der Waals surface area contributed by atoms with Gasteiger partial charge in [0, 0.05) is 50.4 Å². The summed E-state index contributed by atoms with van der Waals surface area (Å²) in [4.78, 5) is 28.0. The molecule has 0 saturated carbocycles. The van der Waals surface area contributed by atoms with Crippen LogP contribution in [0.15, 0.2) is 48.5 Å². The van der Waals surface area contributed by atoms with E-state index in [4.69, 9.17) is 11.6 Å². The largest absolute Gasteiger partial charge is 0.368 e. The molecule has 1 amide bonds. The number of Topliss-reactive ketones (excluding diaryl/α,β-unsaturated/α-hetero) is 1. The predicted octanol–water partition coefficient (Wildman–Crippen LogP) is 3.69. The zero-order valence-electron chi connectivity index (χ0n) is 15.5. The van der Waals surface area contributed by atoms with E-state index in [0.717, 1.165) is 43.4 Å². The van der Waals surface area contributed by atoms with Gasteiger partial charge in [0.05, 0.1) is 10.7 Å². The first-order valence-corrected chi connectivity index (χ1v) is 9.53. The van der Waals surface area contributed by atoms with Crippen LogP contribution in [0.5, 0.6) is 0 Å². The normalized spacial score (nSPS) is 14.8. The molecule has 1 aliphatic rings. The van der Waals surface area contributed by atoms with Gasteiger partial charge in [-0.2, -0.15) is 0 Å². The van der Waals surface area contributed by atoms with E-state index in [2.05, 4.69) is 15.1 Å². The third-order valence-corrected chi connectivity index (χ3v) is 5.12. The van der Waals surface area contributed by atoms with Crippen molar-refractivity contribution in [2.75, 3.05) is 42.9 Å². The van der Waals surface area contributed by atoms with Gasteiger partial charge < -0.3 is 10.2 Å². The van der Waals surface area contributed by atoms with Gasteiger partial charge in [-0.05, 0) is 43.3 Å². The van der Waals surface area contributed by atoms with Crippen LogP contribution in [0.3, 0.4) is 0 Å². The first kappa shape index (κ1) is 19.4. The molecular weight excluding hydrogens is 362 g/mol. The molecule has 1 heterocycles. The van der Waals surface area contributed by atoms with Crippen LogP contribution >= 0.6 is 11.6 Å². The number of ketones is 1. The van der Waals surface area contributed by atoms with Gasteiger partial charge >= 0.3 is 0 Å². The summed E-state index contributed by atoms with van der Waals surface area (Å²) in [7, 11) is 0. The Hall–Kier alpha value is -2.37. The molecule has 0 aliphatic carbocycles. The SMILES string of the molecule is CC(=O)c1ccc(NC(=O)CCN2CCN(c3ccccc3Cl)CC2)cc1. The van der Waals surface area contributed by atoms with Crippen molar-refractivity contribution in [3.05, 3.63) is 59.1 Å². The van der Waals surface area contributed by atoms with Gasteiger partial charge in [0.1, 0.15) is 0 Å². The van der Waals surface area contributed by atoms with E-state index in [1.54, 1.807) is 24.3 Å². The number of anilines is 2. The molecule has 1 aliphatic heterocycles. The number of amides is 1. The van der Waals surface area contributed by atoms with Crippen molar-refractivity contribution in [2.24, 2.45) is 0 Å². The zero-order chi connectivity index (χ0) is 19.2. The number of benzene rings is 2. The van der Waals surface area contributed by atoms with E-state index in [1.165, 1.54) is 6.92 Å². The molecule has 0 atom stereocenters. The first-order chi connectivity index (χ1) is 13.0. The molecule has 142 valence electrons. The van der Waals surface area contributed by atoms with Crippen molar-refractivity contribution in [2.45, 2.75) is 13.3 Å². The maximum Gasteiger partial charge on any atom is 0.225 e. The van der Waals surface area contributed by atoms with E-state index in [0.29, 0.717) is 17.7 Å². The Morgan fingerprint density at radius 1 is 1.00 bits per heavy atom. The molecular formula is C21H24ClN3O2. The van der Waals surface area contributed by atoms with Crippen molar-refractivity contribution in [3.63, 3.8) is 0 Å².